The van der Waals surface area contributed by atoms with E-state index in [1.165, 1.54) is 18.2 Å². The number of benzene rings is 1. The Balaban J connectivity index is 2.09. The van der Waals surface area contributed by atoms with Crippen LogP contribution in [0.25, 0.3) is 0 Å². The molecule has 6 nitrogen and oxygen atoms in total. The molecule has 2 aromatic rings. The fraction of sp³-hybridized carbons (Fsp3) is 0.267. The first kappa shape index (κ1) is 14.8. The van der Waals surface area contributed by atoms with Gasteiger partial charge in [-0.1, -0.05) is 19.1 Å². The third-order valence-corrected chi connectivity index (χ3v) is 3.07. The van der Waals surface area contributed by atoms with Gasteiger partial charge < -0.3 is 9.88 Å². The molecule has 0 bridgehead atoms. The lowest BCUT2D eigenvalue weighted by molar-refractivity contribution is -0.384. The van der Waals surface area contributed by atoms with Crippen LogP contribution >= 0.6 is 0 Å². The lowest BCUT2D eigenvalue weighted by Gasteiger charge is -2.09. The molecule has 1 N–H and O–H groups in total. The van der Waals surface area contributed by atoms with E-state index in [4.69, 9.17) is 0 Å². The molecule has 0 amide bonds. The van der Waals surface area contributed by atoms with E-state index in [1.807, 2.05) is 13.0 Å². The van der Waals surface area contributed by atoms with E-state index in [9.17, 15) is 14.9 Å². The number of hydrogen-bond acceptors (Lipinski definition) is 4. The van der Waals surface area contributed by atoms with Crippen molar-refractivity contribution in [2.45, 2.75) is 26.4 Å². The highest BCUT2D eigenvalue weighted by Gasteiger charge is 2.05. The topological polar surface area (TPSA) is 77.2 Å². The number of nitrogens with one attached hydrogen (secondary N) is 1. The van der Waals surface area contributed by atoms with Crippen LogP contribution in [0.3, 0.4) is 0 Å². The molecular formula is C15H17N3O3. The quantitative estimate of drug-likeness (QED) is 0.654. The van der Waals surface area contributed by atoms with Crippen molar-refractivity contribution >= 4 is 11.4 Å². The van der Waals surface area contributed by atoms with Gasteiger partial charge in [0.05, 0.1) is 10.6 Å². The number of anilines is 1. The molecule has 1 aromatic heterocycles. The molecule has 110 valence electrons. The van der Waals surface area contributed by atoms with Crippen LogP contribution in [0, 0.1) is 10.1 Å². The van der Waals surface area contributed by atoms with Crippen LogP contribution in [0.15, 0.2) is 47.4 Å². The van der Waals surface area contributed by atoms with Crippen molar-refractivity contribution in [2.75, 3.05) is 5.32 Å². The van der Waals surface area contributed by atoms with E-state index in [1.54, 1.807) is 22.9 Å². The number of nitro groups is 1. The fourth-order valence-electron chi connectivity index (χ4n) is 2.04. The van der Waals surface area contributed by atoms with Crippen molar-refractivity contribution in [1.29, 1.82) is 0 Å². The molecule has 2 rings (SSSR count). The van der Waals surface area contributed by atoms with Gasteiger partial charge in [0.1, 0.15) is 0 Å². The molecule has 0 fully saturated rings. The first-order valence-electron chi connectivity index (χ1n) is 6.78. The normalized spacial score (nSPS) is 10.3. The summed E-state index contributed by atoms with van der Waals surface area (Å²) >= 11 is 0. The monoisotopic (exact) mass is 287 g/mol. The summed E-state index contributed by atoms with van der Waals surface area (Å²) < 4.78 is 1.65. The number of rotatable bonds is 6. The highest BCUT2D eigenvalue weighted by atomic mass is 16.6. The molecule has 0 radical (unpaired) electrons. The first-order valence-corrected chi connectivity index (χ1v) is 6.78. The molecule has 1 aromatic carbocycles. The van der Waals surface area contributed by atoms with E-state index < -0.39 is 4.92 Å². The number of hydrogen-bond donors (Lipinski definition) is 1. The molecule has 21 heavy (non-hydrogen) atoms. The van der Waals surface area contributed by atoms with E-state index >= 15 is 0 Å². The smallest absolute Gasteiger partial charge is 0.269 e. The number of pyridine rings is 1. The molecule has 1 heterocycles. The van der Waals surface area contributed by atoms with Gasteiger partial charge in [-0.3, -0.25) is 14.9 Å². The molecule has 0 atom stereocenters. The van der Waals surface area contributed by atoms with Gasteiger partial charge in [-0.25, -0.2) is 0 Å². The van der Waals surface area contributed by atoms with E-state index in [0.717, 1.165) is 17.7 Å². The minimum Gasteiger partial charge on any atom is -0.380 e. The van der Waals surface area contributed by atoms with Crippen LogP contribution in [0.2, 0.25) is 0 Å². The Hall–Kier alpha value is -2.63. The number of nitrogens with zero attached hydrogens (tertiary/aromatic N) is 2. The van der Waals surface area contributed by atoms with Gasteiger partial charge in [0, 0.05) is 37.5 Å². The van der Waals surface area contributed by atoms with Crippen LogP contribution in [-0.2, 0) is 13.1 Å². The summed E-state index contributed by atoms with van der Waals surface area (Å²) in [4.78, 5) is 21.9. The third kappa shape index (κ3) is 3.92. The summed E-state index contributed by atoms with van der Waals surface area (Å²) in [7, 11) is 0. The Morgan fingerprint density at radius 3 is 2.81 bits per heavy atom. The maximum absolute atomic E-state index is 11.6. The minimum absolute atomic E-state index is 0.0299. The lowest BCUT2D eigenvalue weighted by atomic mass is 10.2. The number of aromatic nitrogens is 1. The molecular weight excluding hydrogens is 270 g/mol. The number of nitro benzene ring substituents is 1. The van der Waals surface area contributed by atoms with E-state index in [-0.39, 0.29) is 11.2 Å². The molecule has 0 spiro atoms. The summed E-state index contributed by atoms with van der Waals surface area (Å²) in [6, 6.07) is 9.71. The predicted octanol–water partition coefficient (Wildman–Crippen LogP) is 2.78. The fourth-order valence-corrected chi connectivity index (χ4v) is 2.04. The Morgan fingerprint density at radius 2 is 2.10 bits per heavy atom. The van der Waals surface area contributed by atoms with Gasteiger partial charge in [0.2, 0.25) is 0 Å². The van der Waals surface area contributed by atoms with Gasteiger partial charge >= 0.3 is 0 Å². The first-order chi connectivity index (χ1) is 10.1. The van der Waals surface area contributed by atoms with Crippen LogP contribution in [-0.4, -0.2) is 9.49 Å². The van der Waals surface area contributed by atoms with Crippen molar-refractivity contribution in [3.05, 3.63) is 68.6 Å². The highest BCUT2D eigenvalue weighted by molar-refractivity contribution is 5.42. The maximum Gasteiger partial charge on any atom is 0.269 e. The third-order valence-electron chi connectivity index (χ3n) is 3.07. The van der Waals surface area contributed by atoms with E-state index in [2.05, 4.69) is 5.32 Å². The average molecular weight is 287 g/mol. The zero-order valence-electron chi connectivity index (χ0n) is 11.8. The predicted molar refractivity (Wildman–Crippen MR) is 81.4 cm³/mol. The Kier molecular flexibility index (Phi) is 4.71. The van der Waals surface area contributed by atoms with Crippen LogP contribution < -0.4 is 10.9 Å². The van der Waals surface area contributed by atoms with Crippen LogP contribution in [0.4, 0.5) is 11.4 Å². The van der Waals surface area contributed by atoms with Crippen molar-refractivity contribution in [3.63, 3.8) is 0 Å². The molecule has 0 aliphatic rings. The zero-order chi connectivity index (χ0) is 15.2. The van der Waals surface area contributed by atoms with Crippen molar-refractivity contribution in [1.82, 2.24) is 4.57 Å². The second-order valence-electron chi connectivity index (χ2n) is 4.73. The van der Waals surface area contributed by atoms with Gasteiger partial charge in [0.25, 0.3) is 11.2 Å². The molecule has 0 saturated carbocycles. The molecule has 0 aliphatic heterocycles. The van der Waals surface area contributed by atoms with Crippen LogP contribution in [0.1, 0.15) is 18.9 Å². The SMILES string of the molecule is CCCn1cc(NCc2cccc([N+](=O)[O-])c2)ccc1=O. The second-order valence-corrected chi connectivity index (χ2v) is 4.73. The largest absolute Gasteiger partial charge is 0.380 e. The summed E-state index contributed by atoms with van der Waals surface area (Å²) in [5, 5.41) is 13.9. The molecule has 0 unspecified atom stereocenters. The van der Waals surface area contributed by atoms with Gasteiger partial charge in [-0.15, -0.1) is 0 Å². The highest BCUT2D eigenvalue weighted by Crippen LogP contribution is 2.14. The Labute approximate surface area is 122 Å². The van der Waals surface area contributed by atoms with Gasteiger partial charge in [-0.2, -0.15) is 0 Å². The zero-order valence-corrected chi connectivity index (χ0v) is 11.8. The molecule has 0 saturated heterocycles. The van der Waals surface area contributed by atoms with Crippen molar-refractivity contribution < 1.29 is 4.92 Å². The number of aryl methyl sites for hydroxylation is 1. The summed E-state index contributed by atoms with van der Waals surface area (Å²) in [6.45, 7) is 3.15. The van der Waals surface area contributed by atoms with Crippen molar-refractivity contribution in [3.8, 4) is 0 Å². The minimum atomic E-state index is -0.412. The summed E-state index contributed by atoms with van der Waals surface area (Å²) in [5.41, 5.74) is 1.68. The second kappa shape index (κ2) is 6.69. The summed E-state index contributed by atoms with van der Waals surface area (Å²) in [6.07, 6.45) is 2.65. The Morgan fingerprint density at radius 1 is 1.29 bits per heavy atom. The molecule has 6 heteroatoms. The summed E-state index contributed by atoms with van der Waals surface area (Å²) in [5.74, 6) is 0. The van der Waals surface area contributed by atoms with E-state index in [0.29, 0.717) is 13.1 Å². The lowest BCUT2D eigenvalue weighted by Crippen LogP contribution is -2.18. The Bertz CT molecular complexity index is 695. The average Bonchev–Trinajstić information content (AvgIpc) is 2.48. The van der Waals surface area contributed by atoms with Crippen LogP contribution in [0.5, 0.6) is 0 Å². The van der Waals surface area contributed by atoms with Crippen molar-refractivity contribution in [2.24, 2.45) is 0 Å². The van der Waals surface area contributed by atoms with Gasteiger partial charge in [-0.05, 0) is 18.1 Å². The standard InChI is InChI=1S/C15H17N3O3/c1-2-8-17-11-13(6-7-15(17)19)16-10-12-4-3-5-14(9-12)18(20)21/h3-7,9,11,16H,2,8,10H2,1H3. The number of non-ortho nitro benzene ring substituents is 1. The molecule has 0 aliphatic carbocycles. The van der Waals surface area contributed by atoms with Gasteiger partial charge in [0.15, 0.2) is 0 Å². The maximum atomic E-state index is 11.6.